The van der Waals surface area contributed by atoms with Crippen LogP contribution in [0.4, 0.5) is 0 Å². The van der Waals surface area contributed by atoms with E-state index in [1.54, 1.807) is 0 Å². The van der Waals surface area contributed by atoms with Crippen LogP contribution in [0, 0.1) is 0 Å². The van der Waals surface area contributed by atoms with Crippen LogP contribution in [-0.4, -0.2) is 46.5 Å². The van der Waals surface area contributed by atoms with Gasteiger partial charge >= 0.3 is 5.97 Å². The van der Waals surface area contributed by atoms with Crippen molar-refractivity contribution in [1.82, 2.24) is 10.2 Å². The smallest absolute Gasteiger partial charge is 0.320 e. The Balaban J connectivity index is 2.72. The van der Waals surface area contributed by atoms with E-state index in [4.69, 9.17) is 5.73 Å². The maximum absolute atomic E-state index is 11.7. The van der Waals surface area contributed by atoms with E-state index in [1.165, 1.54) is 12.2 Å². The number of carbonyl (C=O) groups excluding carboxylic acids is 2. The lowest BCUT2D eigenvalue weighted by Crippen LogP contribution is -2.54. The van der Waals surface area contributed by atoms with Crippen LogP contribution in [0.5, 0.6) is 0 Å². The number of hydrogen-bond donors (Lipinski definition) is 3. The first-order valence-corrected chi connectivity index (χ1v) is 7.25. The third-order valence-electron chi connectivity index (χ3n) is 3.36. The predicted octanol–water partition coefficient (Wildman–Crippen LogP) is 0.209. The van der Waals surface area contributed by atoms with Crippen LogP contribution in [0.1, 0.15) is 39.0 Å². The lowest BCUT2D eigenvalue weighted by Gasteiger charge is -2.29. The van der Waals surface area contributed by atoms with Gasteiger partial charge in [-0.05, 0) is 25.8 Å². The minimum absolute atomic E-state index is 0.406. The first-order valence-electron chi connectivity index (χ1n) is 7.25. The van der Waals surface area contributed by atoms with Gasteiger partial charge in [0.1, 0.15) is 6.04 Å². The van der Waals surface area contributed by atoms with E-state index in [9.17, 15) is 19.5 Å². The molecular weight excluding hydrogens is 274 g/mol. The summed E-state index contributed by atoms with van der Waals surface area (Å²) in [6.07, 6.45) is 4.89. The molecule has 21 heavy (non-hydrogen) atoms. The highest BCUT2D eigenvalue weighted by atomic mass is 16.4. The molecule has 0 aromatic carbocycles. The van der Waals surface area contributed by atoms with Gasteiger partial charge in [-0.1, -0.05) is 19.8 Å². The van der Waals surface area contributed by atoms with E-state index < -0.39 is 30.0 Å². The minimum Gasteiger partial charge on any atom is -0.480 e. The van der Waals surface area contributed by atoms with E-state index in [0.29, 0.717) is 25.8 Å². The molecule has 0 saturated carbocycles. The number of aliphatic carboxylic acids is 1. The summed E-state index contributed by atoms with van der Waals surface area (Å²) in [6, 6.07) is -0.797. The minimum atomic E-state index is -0.986. The first kappa shape index (κ1) is 17.3. The van der Waals surface area contributed by atoms with E-state index in [2.05, 4.69) is 5.32 Å². The SMILES string of the molecule is CCCC(NC(CCCCN)C(=O)O)N1C(=O)C=CC1=O. The Morgan fingerprint density at radius 3 is 2.38 bits per heavy atom. The van der Waals surface area contributed by atoms with Crippen molar-refractivity contribution in [1.29, 1.82) is 0 Å². The molecule has 0 fully saturated rings. The second-order valence-electron chi connectivity index (χ2n) is 5.03. The van der Waals surface area contributed by atoms with Crippen molar-refractivity contribution in [2.24, 2.45) is 5.73 Å². The van der Waals surface area contributed by atoms with Gasteiger partial charge in [0.15, 0.2) is 0 Å². The van der Waals surface area contributed by atoms with Gasteiger partial charge in [-0.15, -0.1) is 0 Å². The van der Waals surface area contributed by atoms with E-state index >= 15 is 0 Å². The summed E-state index contributed by atoms with van der Waals surface area (Å²) in [5.41, 5.74) is 5.40. The molecule has 0 spiro atoms. The summed E-state index contributed by atoms with van der Waals surface area (Å²) in [6.45, 7) is 2.43. The summed E-state index contributed by atoms with van der Waals surface area (Å²) < 4.78 is 0. The monoisotopic (exact) mass is 297 g/mol. The fraction of sp³-hybridized carbons (Fsp3) is 0.643. The molecule has 7 nitrogen and oxygen atoms in total. The first-order chi connectivity index (χ1) is 10.0. The van der Waals surface area contributed by atoms with Gasteiger partial charge in [-0.3, -0.25) is 24.6 Å². The summed E-state index contributed by atoms with van der Waals surface area (Å²) in [7, 11) is 0. The van der Waals surface area contributed by atoms with Crippen molar-refractivity contribution in [3.8, 4) is 0 Å². The highest BCUT2D eigenvalue weighted by Gasteiger charge is 2.33. The van der Waals surface area contributed by atoms with Crippen molar-refractivity contribution >= 4 is 17.8 Å². The highest BCUT2D eigenvalue weighted by molar-refractivity contribution is 6.13. The third kappa shape index (κ3) is 4.95. The number of nitrogens with zero attached hydrogens (tertiary/aromatic N) is 1. The second kappa shape index (κ2) is 8.53. The highest BCUT2D eigenvalue weighted by Crippen LogP contribution is 2.14. The molecule has 2 amide bonds. The molecule has 0 aromatic rings. The number of unbranched alkanes of at least 4 members (excludes halogenated alkanes) is 1. The van der Waals surface area contributed by atoms with Crippen molar-refractivity contribution < 1.29 is 19.5 Å². The number of amides is 2. The van der Waals surface area contributed by atoms with Gasteiger partial charge < -0.3 is 10.8 Å². The molecule has 0 saturated heterocycles. The molecule has 118 valence electrons. The summed E-state index contributed by atoms with van der Waals surface area (Å²) in [4.78, 5) is 35.9. The second-order valence-corrected chi connectivity index (χ2v) is 5.03. The Bertz CT molecular complexity index is 404. The number of hydrogen-bond acceptors (Lipinski definition) is 5. The standard InChI is InChI=1S/C14H23N3O4/c1-2-5-11(17-12(18)7-8-13(17)19)16-10(14(20)21)6-3-4-9-15/h7-8,10-11,16H,2-6,9,15H2,1H3,(H,20,21). The molecule has 0 bridgehead atoms. The van der Waals surface area contributed by atoms with Gasteiger partial charge in [0.2, 0.25) is 0 Å². The van der Waals surface area contributed by atoms with Crippen LogP contribution in [0.3, 0.4) is 0 Å². The molecule has 7 heteroatoms. The van der Waals surface area contributed by atoms with Crippen molar-refractivity contribution in [2.45, 2.75) is 51.2 Å². The number of nitrogens with one attached hydrogen (secondary N) is 1. The summed E-state index contributed by atoms with van der Waals surface area (Å²) in [5, 5.41) is 12.2. The molecule has 2 unspecified atom stereocenters. The lowest BCUT2D eigenvalue weighted by molar-refractivity contribution is -0.145. The Morgan fingerprint density at radius 1 is 1.29 bits per heavy atom. The average molecular weight is 297 g/mol. The maximum atomic E-state index is 11.7. The fourth-order valence-corrected chi connectivity index (χ4v) is 2.28. The van der Waals surface area contributed by atoms with Gasteiger partial charge in [0.05, 0.1) is 6.17 Å². The molecule has 1 aliphatic heterocycles. The topological polar surface area (TPSA) is 113 Å². The third-order valence-corrected chi connectivity index (χ3v) is 3.36. The number of imide groups is 1. The van der Waals surface area contributed by atoms with Crippen LogP contribution < -0.4 is 11.1 Å². The van der Waals surface area contributed by atoms with Gasteiger partial charge in [0.25, 0.3) is 11.8 Å². The molecule has 4 N–H and O–H groups in total. The molecule has 0 radical (unpaired) electrons. The number of rotatable bonds is 10. The molecule has 0 aromatic heterocycles. The molecule has 2 atom stereocenters. The molecule has 1 heterocycles. The number of carbonyl (C=O) groups is 3. The summed E-state index contributed by atoms with van der Waals surface area (Å²) in [5.74, 6) is -1.80. The number of carboxylic acid groups (broad SMARTS) is 1. The number of nitrogens with two attached hydrogens (primary N) is 1. The fourth-order valence-electron chi connectivity index (χ4n) is 2.28. The Kier molecular flexibility index (Phi) is 7.04. The van der Waals surface area contributed by atoms with Gasteiger partial charge in [-0.25, -0.2) is 0 Å². The Morgan fingerprint density at radius 2 is 1.90 bits per heavy atom. The maximum Gasteiger partial charge on any atom is 0.320 e. The quantitative estimate of drug-likeness (QED) is 0.392. The zero-order valence-electron chi connectivity index (χ0n) is 12.2. The van der Waals surface area contributed by atoms with Crippen LogP contribution in [0.25, 0.3) is 0 Å². The van der Waals surface area contributed by atoms with Crippen molar-refractivity contribution in [3.63, 3.8) is 0 Å². The molecule has 0 aliphatic carbocycles. The van der Waals surface area contributed by atoms with Crippen molar-refractivity contribution in [2.75, 3.05) is 6.54 Å². The molecule has 1 aliphatic rings. The van der Waals surface area contributed by atoms with Gasteiger partial charge in [0, 0.05) is 12.2 Å². The zero-order valence-corrected chi connectivity index (χ0v) is 12.2. The molecular formula is C14H23N3O4. The number of carboxylic acids is 1. The predicted molar refractivity (Wildman–Crippen MR) is 77.2 cm³/mol. The zero-order chi connectivity index (χ0) is 15.8. The van der Waals surface area contributed by atoms with E-state index in [1.807, 2.05) is 6.92 Å². The van der Waals surface area contributed by atoms with Crippen LogP contribution in [0.2, 0.25) is 0 Å². The van der Waals surface area contributed by atoms with Crippen LogP contribution >= 0.6 is 0 Å². The molecule has 1 rings (SSSR count). The Hall–Kier alpha value is -1.73. The lowest BCUT2D eigenvalue weighted by atomic mass is 10.1. The van der Waals surface area contributed by atoms with Crippen LogP contribution in [0.15, 0.2) is 12.2 Å². The largest absolute Gasteiger partial charge is 0.480 e. The normalized spacial score (nSPS) is 17.3. The summed E-state index contributed by atoms with van der Waals surface area (Å²) >= 11 is 0. The van der Waals surface area contributed by atoms with Crippen LogP contribution in [-0.2, 0) is 14.4 Å². The van der Waals surface area contributed by atoms with E-state index in [-0.39, 0.29) is 0 Å². The average Bonchev–Trinajstić information content (AvgIpc) is 2.76. The Labute approximate surface area is 124 Å². The van der Waals surface area contributed by atoms with Crippen molar-refractivity contribution in [3.05, 3.63) is 12.2 Å². The van der Waals surface area contributed by atoms with Gasteiger partial charge in [-0.2, -0.15) is 0 Å². The van der Waals surface area contributed by atoms with E-state index in [0.717, 1.165) is 17.7 Å².